The summed E-state index contributed by atoms with van der Waals surface area (Å²) in [5.74, 6) is 0.352. The predicted molar refractivity (Wildman–Crippen MR) is 110 cm³/mol. The summed E-state index contributed by atoms with van der Waals surface area (Å²) >= 11 is 0. The van der Waals surface area contributed by atoms with Gasteiger partial charge in [0.1, 0.15) is 0 Å². The fourth-order valence-corrected chi connectivity index (χ4v) is 3.76. The largest absolute Gasteiger partial charge is 0.302 e. The van der Waals surface area contributed by atoms with Crippen LogP contribution in [-0.4, -0.2) is 26.3 Å². The molecule has 3 aromatic rings. The first kappa shape index (κ1) is 16.6. The molecule has 0 saturated heterocycles. The molecular weight excluding hydrogens is 350 g/mol. The average Bonchev–Trinajstić information content (AvgIpc) is 3.11. The first-order valence-electron chi connectivity index (χ1n) is 9.27. The Morgan fingerprint density at radius 1 is 1.18 bits per heavy atom. The summed E-state index contributed by atoms with van der Waals surface area (Å²) in [6, 6.07) is 10.3. The van der Waals surface area contributed by atoms with Crippen molar-refractivity contribution in [3.8, 4) is 0 Å². The summed E-state index contributed by atoms with van der Waals surface area (Å²) in [6.45, 7) is 2.54. The Morgan fingerprint density at radius 2 is 2.04 bits per heavy atom. The van der Waals surface area contributed by atoms with Crippen LogP contribution in [0.2, 0.25) is 0 Å². The molecular formula is C22H19N5O. The van der Waals surface area contributed by atoms with Crippen molar-refractivity contribution in [2.45, 2.75) is 19.5 Å². The molecule has 0 amide bonds. The summed E-state index contributed by atoms with van der Waals surface area (Å²) in [6.07, 6.45) is 11.4. The fraction of sp³-hybridized carbons (Fsp3) is 0.182. The molecule has 1 aliphatic carbocycles. The molecule has 2 aromatic heterocycles. The van der Waals surface area contributed by atoms with Crippen LogP contribution in [0.3, 0.4) is 0 Å². The van der Waals surface area contributed by atoms with Crippen LogP contribution in [0.5, 0.6) is 0 Å². The third kappa shape index (κ3) is 2.83. The molecule has 138 valence electrons. The SMILES string of the molecule is CC1=NNC2C=C(c3ccc(Cn4cnc5cnccc5c4=O)cc3)C=CC12. The number of fused-ring (bicyclic) bond motifs is 2. The van der Waals surface area contributed by atoms with Crippen molar-refractivity contribution in [2.24, 2.45) is 11.0 Å². The minimum absolute atomic E-state index is 0.0527. The van der Waals surface area contributed by atoms with E-state index in [9.17, 15) is 4.79 Å². The molecule has 1 N–H and O–H groups in total. The highest BCUT2D eigenvalue weighted by Gasteiger charge is 2.27. The quantitative estimate of drug-likeness (QED) is 0.771. The Balaban J connectivity index is 1.38. The van der Waals surface area contributed by atoms with Crippen LogP contribution in [0.25, 0.3) is 16.5 Å². The van der Waals surface area contributed by atoms with Gasteiger partial charge in [0.15, 0.2) is 0 Å². The number of nitrogens with zero attached hydrogens (tertiary/aromatic N) is 4. The van der Waals surface area contributed by atoms with E-state index >= 15 is 0 Å². The van der Waals surface area contributed by atoms with E-state index in [1.165, 1.54) is 5.57 Å². The van der Waals surface area contributed by atoms with Crippen molar-refractivity contribution in [1.82, 2.24) is 20.0 Å². The van der Waals surface area contributed by atoms with Gasteiger partial charge in [0, 0.05) is 17.8 Å². The molecule has 2 unspecified atom stereocenters. The zero-order chi connectivity index (χ0) is 19.1. The van der Waals surface area contributed by atoms with Gasteiger partial charge in [-0.1, -0.05) is 42.5 Å². The molecule has 28 heavy (non-hydrogen) atoms. The van der Waals surface area contributed by atoms with Crippen molar-refractivity contribution in [2.75, 3.05) is 0 Å². The first-order valence-corrected chi connectivity index (χ1v) is 9.27. The molecule has 5 rings (SSSR count). The molecule has 0 spiro atoms. The van der Waals surface area contributed by atoms with Crippen molar-refractivity contribution in [1.29, 1.82) is 0 Å². The number of hydrazone groups is 1. The Hall–Kier alpha value is -3.54. The van der Waals surface area contributed by atoms with Gasteiger partial charge >= 0.3 is 0 Å². The molecule has 0 fully saturated rings. The Labute approximate surface area is 162 Å². The van der Waals surface area contributed by atoms with E-state index in [2.05, 4.69) is 69.9 Å². The lowest BCUT2D eigenvalue weighted by Crippen LogP contribution is -2.27. The Morgan fingerprint density at radius 3 is 2.89 bits per heavy atom. The lowest BCUT2D eigenvalue weighted by Gasteiger charge is -2.19. The highest BCUT2D eigenvalue weighted by atomic mass is 16.1. The minimum Gasteiger partial charge on any atom is -0.302 e. The second kappa shape index (κ2) is 6.56. The molecule has 0 saturated carbocycles. The van der Waals surface area contributed by atoms with Crippen LogP contribution in [0, 0.1) is 5.92 Å². The van der Waals surface area contributed by atoms with E-state index in [0.717, 1.165) is 16.8 Å². The number of hydrogen-bond acceptors (Lipinski definition) is 5. The maximum atomic E-state index is 12.6. The van der Waals surface area contributed by atoms with Crippen LogP contribution in [0.15, 0.2) is 77.2 Å². The minimum atomic E-state index is -0.0527. The molecule has 2 aliphatic rings. The molecule has 0 radical (unpaired) electrons. The normalized spacial score (nSPS) is 20.5. The van der Waals surface area contributed by atoms with Gasteiger partial charge in [0.05, 0.1) is 36.0 Å². The predicted octanol–water partition coefficient (Wildman–Crippen LogP) is 2.76. The Kier molecular flexibility index (Phi) is 3.90. The summed E-state index contributed by atoms with van der Waals surface area (Å²) < 4.78 is 1.63. The number of nitrogens with one attached hydrogen (secondary N) is 1. The second-order valence-electron chi connectivity index (χ2n) is 7.18. The van der Waals surface area contributed by atoms with E-state index in [0.29, 0.717) is 23.4 Å². The number of pyridine rings is 1. The third-order valence-corrected chi connectivity index (χ3v) is 5.37. The third-order valence-electron chi connectivity index (χ3n) is 5.37. The van der Waals surface area contributed by atoms with Crippen LogP contribution in [0.4, 0.5) is 0 Å². The monoisotopic (exact) mass is 369 g/mol. The van der Waals surface area contributed by atoms with Crippen molar-refractivity contribution in [3.05, 3.63) is 88.8 Å². The number of benzene rings is 1. The van der Waals surface area contributed by atoms with Gasteiger partial charge in [0.2, 0.25) is 0 Å². The van der Waals surface area contributed by atoms with E-state index in [4.69, 9.17) is 0 Å². The summed E-state index contributed by atoms with van der Waals surface area (Å²) in [5, 5.41) is 4.91. The smallest absolute Gasteiger partial charge is 0.261 e. The standard InChI is InChI=1S/C22H19N5O/c1-14-18-7-6-17(10-20(18)26-25-14)16-4-2-15(3-5-16)12-27-13-24-21-11-23-9-8-19(21)22(27)28/h2-11,13,18,20,26H,12H2,1H3. The molecule has 6 heteroatoms. The second-order valence-corrected chi connectivity index (χ2v) is 7.18. The number of allylic oxidation sites excluding steroid dienone is 2. The summed E-state index contributed by atoms with van der Waals surface area (Å²) in [7, 11) is 0. The molecule has 3 heterocycles. The molecule has 1 aliphatic heterocycles. The van der Waals surface area contributed by atoms with Gasteiger partial charge in [-0.15, -0.1) is 0 Å². The number of rotatable bonds is 3. The first-order chi connectivity index (χ1) is 13.7. The van der Waals surface area contributed by atoms with Crippen LogP contribution in [0.1, 0.15) is 18.1 Å². The summed E-state index contributed by atoms with van der Waals surface area (Å²) in [4.78, 5) is 21.0. The van der Waals surface area contributed by atoms with Crippen LogP contribution < -0.4 is 11.0 Å². The van der Waals surface area contributed by atoms with Crippen LogP contribution in [-0.2, 0) is 6.54 Å². The maximum absolute atomic E-state index is 12.6. The topological polar surface area (TPSA) is 72.2 Å². The molecule has 6 nitrogen and oxygen atoms in total. The van der Waals surface area contributed by atoms with Crippen molar-refractivity contribution >= 4 is 22.2 Å². The highest BCUT2D eigenvalue weighted by molar-refractivity contribution is 5.91. The van der Waals surface area contributed by atoms with E-state index in [-0.39, 0.29) is 11.6 Å². The molecule has 1 aromatic carbocycles. The summed E-state index contributed by atoms with van der Waals surface area (Å²) in [5.41, 5.74) is 8.26. The van der Waals surface area contributed by atoms with Gasteiger partial charge < -0.3 is 5.43 Å². The zero-order valence-electron chi connectivity index (χ0n) is 15.4. The van der Waals surface area contributed by atoms with Gasteiger partial charge in [-0.3, -0.25) is 14.3 Å². The zero-order valence-corrected chi connectivity index (χ0v) is 15.4. The van der Waals surface area contributed by atoms with E-state index in [1.54, 1.807) is 29.4 Å². The lowest BCUT2D eigenvalue weighted by atomic mass is 9.87. The average molecular weight is 369 g/mol. The maximum Gasteiger partial charge on any atom is 0.261 e. The van der Waals surface area contributed by atoms with Gasteiger partial charge in [-0.05, 0) is 29.7 Å². The van der Waals surface area contributed by atoms with Crippen molar-refractivity contribution < 1.29 is 0 Å². The number of hydrogen-bond donors (Lipinski definition) is 1. The van der Waals surface area contributed by atoms with Crippen LogP contribution >= 0.6 is 0 Å². The van der Waals surface area contributed by atoms with Crippen molar-refractivity contribution in [3.63, 3.8) is 0 Å². The highest BCUT2D eigenvalue weighted by Crippen LogP contribution is 2.28. The van der Waals surface area contributed by atoms with Gasteiger partial charge in [0.25, 0.3) is 5.56 Å². The van der Waals surface area contributed by atoms with E-state index in [1.807, 2.05) is 0 Å². The molecule has 2 atom stereocenters. The lowest BCUT2D eigenvalue weighted by molar-refractivity contribution is 0.622. The Bertz CT molecular complexity index is 1200. The molecule has 0 bridgehead atoms. The number of aromatic nitrogens is 3. The van der Waals surface area contributed by atoms with Gasteiger partial charge in [-0.25, -0.2) is 4.98 Å². The van der Waals surface area contributed by atoms with Gasteiger partial charge in [-0.2, -0.15) is 5.10 Å². The van der Waals surface area contributed by atoms with E-state index < -0.39 is 0 Å². The fourth-order valence-electron chi connectivity index (χ4n) is 3.76.